The molecule has 0 unspecified atom stereocenters. The highest BCUT2D eigenvalue weighted by Crippen LogP contribution is 2.37. The number of nitriles is 1. The lowest BCUT2D eigenvalue weighted by molar-refractivity contribution is -0.147. The second-order valence-electron chi connectivity index (χ2n) is 8.44. The van der Waals surface area contributed by atoms with E-state index in [1.807, 2.05) is 25.3 Å². The van der Waals surface area contributed by atoms with Crippen LogP contribution in [0.1, 0.15) is 78.7 Å². The SMILES string of the molecule is CCOc1ccc(C(=O)CCC(=O)OCC(=O)Nc2c(C#N)c(C)c(C)n2C2CCCC2)cc1. The van der Waals surface area contributed by atoms with Crippen molar-refractivity contribution >= 4 is 23.5 Å². The quantitative estimate of drug-likeness (QED) is 0.404. The Morgan fingerprint density at radius 1 is 1.12 bits per heavy atom. The van der Waals surface area contributed by atoms with Crippen molar-refractivity contribution in [3.8, 4) is 11.8 Å². The fourth-order valence-corrected chi connectivity index (χ4v) is 4.36. The van der Waals surface area contributed by atoms with E-state index in [0.717, 1.165) is 36.9 Å². The second-order valence-corrected chi connectivity index (χ2v) is 8.44. The molecule has 0 radical (unpaired) electrons. The number of nitrogens with one attached hydrogen (secondary N) is 1. The highest BCUT2D eigenvalue weighted by Gasteiger charge is 2.27. The van der Waals surface area contributed by atoms with Crippen LogP contribution >= 0.6 is 0 Å². The summed E-state index contributed by atoms with van der Waals surface area (Å²) in [5, 5.41) is 12.4. The van der Waals surface area contributed by atoms with E-state index in [-0.39, 0.29) is 24.7 Å². The molecule has 1 aliphatic rings. The molecular formula is C26H31N3O5. The van der Waals surface area contributed by atoms with E-state index in [1.165, 1.54) is 0 Å². The number of anilines is 1. The van der Waals surface area contributed by atoms with Gasteiger partial charge in [0, 0.05) is 23.7 Å². The van der Waals surface area contributed by atoms with Gasteiger partial charge in [0.1, 0.15) is 17.6 Å². The van der Waals surface area contributed by atoms with Crippen LogP contribution in [0.2, 0.25) is 0 Å². The molecule has 180 valence electrons. The van der Waals surface area contributed by atoms with Gasteiger partial charge in [-0.3, -0.25) is 14.4 Å². The van der Waals surface area contributed by atoms with Gasteiger partial charge in [0.15, 0.2) is 12.4 Å². The standard InChI is InChI=1S/C26H31N3O5/c1-4-33-21-11-9-19(10-12-21)23(30)13-14-25(32)34-16-24(31)28-26-22(15-27)17(2)18(3)29(26)20-7-5-6-8-20/h9-12,20H,4-8,13-14,16H2,1-3H3,(H,28,31). The summed E-state index contributed by atoms with van der Waals surface area (Å²) >= 11 is 0. The monoisotopic (exact) mass is 465 g/mol. The van der Waals surface area contributed by atoms with Gasteiger partial charge in [-0.15, -0.1) is 0 Å². The predicted molar refractivity (Wildman–Crippen MR) is 127 cm³/mol. The topological polar surface area (TPSA) is 110 Å². The van der Waals surface area contributed by atoms with Crippen molar-refractivity contribution in [3.05, 3.63) is 46.6 Å². The Morgan fingerprint density at radius 3 is 2.41 bits per heavy atom. The molecule has 3 rings (SSSR count). The highest BCUT2D eigenvalue weighted by atomic mass is 16.5. The van der Waals surface area contributed by atoms with Crippen LogP contribution in [0.4, 0.5) is 5.82 Å². The Bertz CT molecular complexity index is 1090. The number of hydrogen-bond acceptors (Lipinski definition) is 6. The van der Waals surface area contributed by atoms with Crippen molar-refractivity contribution in [2.24, 2.45) is 0 Å². The molecule has 8 nitrogen and oxygen atoms in total. The van der Waals surface area contributed by atoms with Gasteiger partial charge in [-0.2, -0.15) is 5.26 Å². The molecule has 0 atom stereocenters. The Hall–Kier alpha value is -3.60. The number of hydrogen-bond donors (Lipinski definition) is 1. The summed E-state index contributed by atoms with van der Waals surface area (Å²) in [5.74, 6) is -0.194. The van der Waals surface area contributed by atoms with Crippen molar-refractivity contribution in [1.82, 2.24) is 4.57 Å². The lowest BCUT2D eigenvalue weighted by Crippen LogP contribution is -2.24. The van der Waals surface area contributed by atoms with Crippen LogP contribution in [0.15, 0.2) is 24.3 Å². The number of Topliss-reactive ketones (excluding diaryl/α,β-unsaturated/α-hetero) is 1. The molecule has 1 amide bonds. The van der Waals surface area contributed by atoms with Gasteiger partial charge in [-0.25, -0.2) is 0 Å². The smallest absolute Gasteiger partial charge is 0.306 e. The van der Waals surface area contributed by atoms with Crippen LogP contribution < -0.4 is 10.1 Å². The molecule has 1 saturated carbocycles. The third kappa shape index (κ3) is 5.84. The van der Waals surface area contributed by atoms with E-state index in [9.17, 15) is 19.6 Å². The van der Waals surface area contributed by atoms with E-state index in [2.05, 4.69) is 11.4 Å². The minimum atomic E-state index is -0.631. The molecule has 1 aliphatic carbocycles. The first-order valence-electron chi connectivity index (χ1n) is 11.7. The number of ketones is 1. The van der Waals surface area contributed by atoms with Crippen molar-refractivity contribution in [2.75, 3.05) is 18.5 Å². The normalized spacial score (nSPS) is 13.4. The van der Waals surface area contributed by atoms with Gasteiger partial charge in [0.05, 0.1) is 18.6 Å². The van der Waals surface area contributed by atoms with Crippen LogP contribution in [0.3, 0.4) is 0 Å². The number of amides is 1. The van der Waals surface area contributed by atoms with Crippen LogP contribution in [0.5, 0.6) is 5.75 Å². The van der Waals surface area contributed by atoms with E-state index in [0.29, 0.717) is 29.3 Å². The summed E-state index contributed by atoms with van der Waals surface area (Å²) in [4.78, 5) is 36.9. The first kappa shape index (κ1) is 25.0. The van der Waals surface area contributed by atoms with E-state index < -0.39 is 18.5 Å². The van der Waals surface area contributed by atoms with Gasteiger partial charge >= 0.3 is 5.97 Å². The number of rotatable bonds is 10. The van der Waals surface area contributed by atoms with Crippen molar-refractivity contribution < 1.29 is 23.9 Å². The Balaban J connectivity index is 1.53. The zero-order valence-corrected chi connectivity index (χ0v) is 20.0. The van der Waals surface area contributed by atoms with Crippen molar-refractivity contribution in [3.63, 3.8) is 0 Å². The fraction of sp³-hybridized carbons (Fsp3) is 0.462. The summed E-state index contributed by atoms with van der Waals surface area (Å²) in [6, 6.07) is 9.16. The summed E-state index contributed by atoms with van der Waals surface area (Å²) in [7, 11) is 0. The molecule has 1 aromatic heterocycles. The third-order valence-electron chi connectivity index (χ3n) is 6.22. The number of ether oxygens (including phenoxy) is 2. The van der Waals surface area contributed by atoms with Gasteiger partial charge in [0.25, 0.3) is 5.91 Å². The maximum Gasteiger partial charge on any atom is 0.306 e. The molecule has 0 saturated heterocycles. The first-order chi connectivity index (χ1) is 16.3. The molecule has 1 aromatic carbocycles. The summed E-state index contributed by atoms with van der Waals surface area (Å²) < 4.78 is 12.5. The largest absolute Gasteiger partial charge is 0.494 e. The average Bonchev–Trinajstić information content (AvgIpc) is 3.43. The molecule has 1 N–H and O–H groups in total. The molecule has 0 bridgehead atoms. The van der Waals surface area contributed by atoms with Gasteiger partial charge in [-0.1, -0.05) is 12.8 Å². The lowest BCUT2D eigenvalue weighted by atomic mass is 10.1. The number of nitrogens with zero attached hydrogens (tertiary/aromatic N) is 2. The minimum Gasteiger partial charge on any atom is -0.494 e. The molecule has 1 fully saturated rings. The zero-order valence-electron chi connectivity index (χ0n) is 20.0. The predicted octanol–water partition coefficient (Wildman–Crippen LogP) is 4.64. The maximum atomic E-state index is 12.5. The van der Waals surface area contributed by atoms with Crippen LogP contribution in [-0.2, 0) is 14.3 Å². The first-order valence-corrected chi connectivity index (χ1v) is 11.7. The second kappa shape index (κ2) is 11.5. The zero-order chi connectivity index (χ0) is 24.7. The van der Waals surface area contributed by atoms with Crippen molar-refractivity contribution in [1.29, 1.82) is 5.26 Å². The van der Waals surface area contributed by atoms with Gasteiger partial charge < -0.3 is 19.4 Å². The number of esters is 1. The number of benzene rings is 1. The lowest BCUT2D eigenvalue weighted by Gasteiger charge is -2.19. The molecule has 8 heteroatoms. The third-order valence-corrected chi connectivity index (χ3v) is 6.22. The number of carbonyl (C=O) groups is 3. The fourth-order valence-electron chi connectivity index (χ4n) is 4.36. The van der Waals surface area contributed by atoms with Gasteiger partial charge in [0.2, 0.25) is 0 Å². The summed E-state index contributed by atoms with van der Waals surface area (Å²) in [6.07, 6.45) is 4.09. The van der Waals surface area contributed by atoms with E-state index in [1.54, 1.807) is 24.3 Å². The van der Waals surface area contributed by atoms with Gasteiger partial charge in [-0.05, 0) is 63.4 Å². The molecular weight excluding hydrogens is 434 g/mol. The molecule has 1 heterocycles. The number of aromatic nitrogens is 1. The minimum absolute atomic E-state index is 0.0179. The Labute approximate surface area is 199 Å². The van der Waals surface area contributed by atoms with Crippen LogP contribution in [-0.4, -0.2) is 35.4 Å². The summed E-state index contributed by atoms with van der Waals surface area (Å²) in [6.45, 7) is 5.76. The number of carbonyl (C=O) groups excluding carboxylic acids is 3. The molecule has 2 aromatic rings. The van der Waals surface area contributed by atoms with E-state index in [4.69, 9.17) is 9.47 Å². The Kier molecular flexibility index (Phi) is 8.47. The van der Waals surface area contributed by atoms with Crippen LogP contribution in [0.25, 0.3) is 0 Å². The average molecular weight is 466 g/mol. The summed E-state index contributed by atoms with van der Waals surface area (Å²) in [5.41, 5.74) is 2.72. The molecule has 0 aliphatic heterocycles. The highest BCUT2D eigenvalue weighted by molar-refractivity contribution is 5.98. The van der Waals surface area contributed by atoms with Crippen molar-refractivity contribution in [2.45, 2.75) is 65.3 Å². The molecule has 0 spiro atoms. The van der Waals surface area contributed by atoms with Crippen LogP contribution in [0, 0.1) is 25.2 Å². The Morgan fingerprint density at radius 2 is 1.79 bits per heavy atom. The van der Waals surface area contributed by atoms with E-state index >= 15 is 0 Å². The molecule has 34 heavy (non-hydrogen) atoms. The maximum absolute atomic E-state index is 12.5.